The lowest BCUT2D eigenvalue weighted by molar-refractivity contribution is 0.482. The lowest BCUT2D eigenvalue weighted by atomic mass is 9.95. The number of hydrogen-bond acceptors (Lipinski definition) is 2. The summed E-state index contributed by atoms with van der Waals surface area (Å²) >= 11 is 15.5. The maximum atomic E-state index is 6.11. The number of aromatic nitrogens is 1. The van der Waals surface area contributed by atoms with Crippen LogP contribution in [-0.2, 0) is 0 Å². The van der Waals surface area contributed by atoms with Crippen molar-refractivity contribution in [1.29, 1.82) is 0 Å². The maximum Gasteiger partial charge on any atom is 0.145 e. The van der Waals surface area contributed by atoms with Gasteiger partial charge in [-0.15, -0.1) is 11.6 Å². The highest BCUT2D eigenvalue weighted by Crippen LogP contribution is 2.28. The van der Waals surface area contributed by atoms with Gasteiger partial charge in [0.05, 0.1) is 10.6 Å². The van der Waals surface area contributed by atoms with Crippen molar-refractivity contribution in [2.75, 3.05) is 11.2 Å². The first-order chi connectivity index (χ1) is 7.56. The molecule has 0 unspecified atom stereocenters. The Hall–Kier alpha value is 0.01000. The summed E-state index contributed by atoms with van der Waals surface area (Å²) in [4.78, 5) is 4.26. The molecule has 16 heavy (non-hydrogen) atoms. The van der Waals surface area contributed by atoms with Crippen LogP contribution in [0.25, 0.3) is 0 Å². The van der Waals surface area contributed by atoms with Gasteiger partial charge in [0.15, 0.2) is 0 Å². The molecule has 0 saturated heterocycles. The summed E-state index contributed by atoms with van der Waals surface area (Å²) < 4.78 is 0.868. The third-order valence-electron chi connectivity index (χ3n) is 2.80. The lowest BCUT2D eigenvalue weighted by Gasteiger charge is -2.31. The van der Waals surface area contributed by atoms with Crippen LogP contribution in [0.15, 0.2) is 16.7 Å². The lowest BCUT2D eigenvalue weighted by Crippen LogP contribution is -2.39. The maximum absolute atomic E-state index is 6.11. The van der Waals surface area contributed by atoms with Gasteiger partial charge in [0.1, 0.15) is 5.82 Å². The molecule has 2 nitrogen and oxygen atoms in total. The van der Waals surface area contributed by atoms with E-state index in [2.05, 4.69) is 40.1 Å². The molecule has 90 valence electrons. The molecule has 0 spiro atoms. The molecule has 1 aromatic rings. The molecule has 0 fully saturated rings. The third-order valence-corrected chi connectivity index (χ3v) is 4.03. The van der Waals surface area contributed by atoms with E-state index in [1.807, 2.05) is 6.07 Å². The van der Waals surface area contributed by atoms with E-state index in [1.165, 1.54) is 0 Å². The van der Waals surface area contributed by atoms with Gasteiger partial charge < -0.3 is 5.32 Å². The van der Waals surface area contributed by atoms with Gasteiger partial charge >= 0.3 is 0 Å². The normalized spacial score (nSPS) is 11.6. The van der Waals surface area contributed by atoms with E-state index in [9.17, 15) is 0 Å². The van der Waals surface area contributed by atoms with Crippen LogP contribution in [0.4, 0.5) is 5.82 Å². The van der Waals surface area contributed by atoms with Crippen molar-refractivity contribution in [3.05, 3.63) is 21.8 Å². The minimum atomic E-state index is -0.133. The molecular formula is C11H15BrCl2N2. The molecular weight excluding hydrogens is 311 g/mol. The van der Waals surface area contributed by atoms with Crippen LogP contribution in [0, 0.1) is 0 Å². The van der Waals surface area contributed by atoms with Crippen LogP contribution >= 0.6 is 39.1 Å². The SMILES string of the molecule is CCC(CC)(CCl)Nc1ncc(Br)cc1Cl. The van der Waals surface area contributed by atoms with Crippen LogP contribution in [0.3, 0.4) is 0 Å². The van der Waals surface area contributed by atoms with Crippen molar-refractivity contribution in [3.63, 3.8) is 0 Å². The molecule has 1 aromatic heterocycles. The fraction of sp³-hybridized carbons (Fsp3) is 0.545. The summed E-state index contributed by atoms with van der Waals surface area (Å²) in [6, 6.07) is 1.82. The summed E-state index contributed by atoms with van der Waals surface area (Å²) in [7, 11) is 0. The second-order valence-electron chi connectivity index (χ2n) is 3.73. The van der Waals surface area contributed by atoms with E-state index in [4.69, 9.17) is 23.2 Å². The zero-order valence-corrected chi connectivity index (χ0v) is 12.5. The Morgan fingerprint density at radius 1 is 1.44 bits per heavy atom. The minimum absolute atomic E-state index is 0.133. The Bertz CT molecular complexity index is 346. The van der Waals surface area contributed by atoms with Gasteiger partial charge in [-0.05, 0) is 34.8 Å². The van der Waals surface area contributed by atoms with Crippen molar-refractivity contribution in [2.45, 2.75) is 32.2 Å². The predicted molar refractivity (Wildman–Crippen MR) is 74.6 cm³/mol. The Kier molecular flexibility index (Phi) is 5.35. The Balaban J connectivity index is 2.93. The number of alkyl halides is 1. The molecule has 0 saturated carbocycles. The number of hydrogen-bond donors (Lipinski definition) is 1. The molecule has 5 heteroatoms. The summed E-state index contributed by atoms with van der Waals surface area (Å²) in [6.45, 7) is 4.21. The van der Waals surface area contributed by atoms with E-state index in [0.717, 1.165) is 17.3 Å². The summed E-state index contributed by atoms with van der Waals surface area (Å²) in [5.74, 6) is 1.22. The number of nitrogens with zero attached hydrogens (tertiary/aromatic N) is 1. The van der Waals surface area contributed by atoms with Crippen molar-refractivity contribution in [2.24, 2.45) is 0 Å². The van der Waals surface area contributed by atoms with Crippen LogP contribution in [0.2, 0.25) is 5.02 Å². The minimum Gasteiger partial charge on any atom is -0.362 e. The summed E-state index contributed by atoms with van der Waals surface area (Å²) in [5, 5.41) is 3.94. The summed E-state index contributed by atoms with van der Waals surface area (Å²) in [6.07, 6.45) is 3.58. The molecule has 1 rings (SSSR count). The Morgan fingerprint density at radius 2 is 2.06 bits per heavy atom. The highest BCUT2D eigenvalue weighted by molar-refractivity contribution is 9.10. The van der Waals surface area contributed by atoms with Crippen LogP contribution in [-0.4, -0.2) is 16.4 Å². The number of nitrogens with one attached hydrogen (secondary N) is 1. The number of halogens is 3. The standard InChI is InChI=1S/C11H15BrCl2N2/c1-3-11(4-2,7-13)16-10-9(14)5-8(12)6-15-10/h5-6H,3-4,7H2,1-2H3,(H,15,16). The quantitative estimate of drug-likeness (QED) is 0.793. The number of rotatable bonds is 5. The van der Waals surface area contributed by atoms with Gasteiger partial charge in [0.25, 0.3) is 0 Å². The molecule has 0 bridgehead atoms. The smallest absolute Gasteiger partial charge is 0.145 e. The van der Waals surface area contributed by atoms with Gasteiger partial charge in [0.2, 0.25) is 0 Å². The fourth-order valence-corrected chi connectivity index (χ4v) is 2.53. The highest BCUT2D eigenvalue weighted by Gasteiger charge is 2.25. The van der Waals surface area contributed by atoms with Gasteiger partial charge in [-0.25, -0.2) is 4.98 Å². The van der Waals surface area contributed by atoms with Crippen LogP contribution in [0.1, 0.15) is 26.7 Å². The first-order valence-corrected chi connectivity index (χ1v) is 6.92. The molecule has 1 heterocycles. The fourth-order valence-electron chi connectivity index (χ4n) is 1.41. The zero-order valence-electron chi connectivity index (χ0n) is 9.36. The molecule has 0 aromatic carbocycles. The second-order valence-corrected chi connectivity index (χ2v) is 5.32. The molecule has 0 aliphatic carbocycles. The molecule has 0 aliphatic heterocycles. The van der Waals surface area contributed by atoms with E-state index in [1.54, 1.807) is 6.20 Å². The van der Waals surface area contributed by atoms with Crippen LogP contribution in [0.5, 0.6) is 0 Å². The van der Waals surface area contributed by atoms with Crippen molar-refractivity contribution < 1.29 is 0 Å². The topological polar surface area (TPSA) is 24.9 Å². The molecule has 1 N–H and O–H groups in total. The van der Waals surface area contributed by atoms with Crippen molar-refractivity contribution >= 4 is 44.9 Å². The first kappa shape index (κ1) is 14.1. The van der Waals surface area contributed by atoms with Gasteiger partial charge in [-0.3, -0.25) is 0 Å². The zero-order chi connectivity index (χ0) is 12.2. The molecule has 0 atom stereocenters. The second kappa shape index (κ2) is 6.08. The third kappa shape index (κ3) is 3.25. The van der Waals surface area contributed by atoms with Crippen LogP contribution < -0.4 is 5.32 Å². The molecule has 0 aliphatic rings. The predicted octanol–water partition coefficient (Wildman–Crippen LogP) is 4.71. The van der Waals surface area contributed by atoms with E-state index >= 15 is 0 Å². The first-order valence-electron chi connectivity index (χ1n) is 5.22. The Morgan fingerprint density at radius 3 is 2.50 bits per heavy atom. The average molecular weight is 326 g/mol. The largest absolute Gasteiger partial charge is 0.362 e. The average Bonchev–Trinajstić information content (AvgIpc) is 2.29. The van der Waals surface area contributed by atoms with E-state index in [-0.39, 0.29) is 5.54 Å². The number of pyridine rings is 1. The monoisotopic (exact) mass is 324 g/mol. The molecule has 0 radical (unpaired) electrons. The van der Waals surface area contributed by atoms with E-state index in [0.29, 0.717) is 16.7 Å². The highest BCUT2D eigenvalue weighted by atomic mass is 79.9. The van der Waals surface area contributed by atoms with Gasteiger partial charge in [-0.1, -0.05) is 25.4 Å². The number of anilines is 1. The molecule has 0 amide bonds. The van der Waals surface area contributed by atoms with Gasteiger partial charge in [-0.2, -0.15) is 0 Å². The van der Waals surface area contributed by atoms with Gasteiger partial charge in [0, 0.05) is 16.5 Å². The Labute approximate surface area is 115 Å². The van der Waals surface area contributed by atoms with Crippen molar-refractivity contribution in [3.8, 4) is 0 Å². The summed E-state index contributed by atoms with van der Waals surface area (Å²) in [5.41, 5.74) is -0.133. The van der Waals surface area contributed by atoms with E-state index < -0.39 is 0 Å². The van der Waals surface area contributed by atoms with Crippen molar-refractivity contribution in [1.82, 2.24) is 4.98 Å².